The molecule has 0 aromatic carbocycles. The number of nitrogens with two attached hydrogens (primary N) is 1. The van der Waals surface area contributed by atoms with Crippen LogP contribution in [0.1, 0.15) is 139 Å². The van der Waals surface area contributed by atoms with Crippen molar-refractivity contribution >= 4 is 29.5 Å². The normalized spacial score (nSPS) is 33.9. The van der Waals surface area contributed by atoms with Crippen LogP contribution in [0.15, 0.2) is 0 Å². The minimum atomic E-state index is -2.28. The third-order valence-electron chi connectivity index (χ3n) is 12.9. The van der Waals surface area contributed by atoms with E-state index in [4.69, 9.17) is 48.4 Å². The molecule has 17 heteroatoms. The van der Waals surface area contributed by atoms with E-state index < -0.39 is 103 Å². The SMILES string of the molecule is CCCCOCC1CC(OC2C(COCCCC)CC(SCC)[C@@H](C)[C@H]2OCCCC)[C@@H](OCCCC)[C@H](O[C@]2(C(=O)CC)C[C@@H](O)[C@@H](N)C([C@H](OC(C)=O)[C@@H](CO)OC(C)=O)O2)C1O. The van der Waals surface area contributed by atoms with Crippen LogP contribution in [0, 0.1) is 17.8 Å². The van der Waals surface area contributed by atoms with Crippen molar-refractivity contribution in [3.63, 3.8) is 0 Å². The summed E-state index contributed by atoms with van der Waals surface area (Å²) in [6, 6.07) is -1.29. The number of ether oxygens (including phenoxy) is 9. The maximum atomic E-state index is 14.4. The highest BCUT2D eigenvalue weighted by atomic mass is 32.2. The monoisotopic (exact) mass is 950 g/mol. The lowest BCUT2D eigenvalue weighted by atomic mass is 9.76. The van der Waals surface area contributed by atoms with Gasteiger partial charge in [0.15, 0.2) is 18.0 Å². The highest BCUT2D eigenvalue weighted by Crippen LogP contribution is 2.45. The van der Waals surface area contributed by atoms with Crippen molar-refractivity contribution < 1.29 is 72.3 Å². The first-order valence-corrected chi connectivity index (χ1v) is 25.8. The summed E-state index contributed by atoms with van der Waals surface area (Å²) in [5.41, 5.74) is 6.55. The summed E-state index contributed by atoms with van der Waals surface area (Å²) in [4.78, 5) is 39.1. The van der Waals surface area contributed by atoms with Gasteiger partial charge >= 0.3 is 11.9 Å². The lowest BCUT2D eigenvalue weighted by Gasteiger charge is -2.53. The number of hydrogen-bond acceptors (Lipinski definition) is 17. The van der Waals surface area contributed by atoms with Gasteiger partial charge in [-0.1, -0.05) is 74.1 Å². The fourth-order valence-corrected chi connectivity index (χ4v) is 10.5. The van der Waals surface area contributed by atoms with Gasteiger partial charge in [-0.2, -0.15) is 11.8 Å². The molecule has 3 fully saturated rings. The number of aliphatic hydroxyl groups excluding tert-OH is 3. The van der Waals surface area contributed by atoms with Gasteiger partial charge in [0.1, 0.15) is 18.3 Å². The molecule has 3 aliphatic rings. The minimum absolute atomic E-state index is 0.0255. The quantitative estimate of drug-likeness (QED) is 0.0512. The zero-order valence-corrected chi connectivity index (χ0v) is 41.8. The second kappa shape index (κ2) is 30.2. The molecule has 65 heavy (non-hydrogen) atoms. The lowest BCUT2D eigenvalue weighted by Crippen LogP contribution is -2.69. The maximum absolute atomic E-state index is 14.4. The van der Waals surface area contributed by atoms with Gasteiger partial charge in [0.05, 0.1) is 56.4 Å². The van der Waals surface area contributed by atoms with Crippen LogP contribution in [0.5, 0.6) is 0 Å². The molecule has 16 atom stereocenters. The molecular weight excluding hydrogens is 863 g/mol. The summed E-state index contributed by atoms with van der Waals surface area (Å²) in [6.45, 7) is 18.5. The molecule has 0 bridgehead atoms. The topological polar surface area (TPSA) is 221 Å². The van der Waals surface area contributed by atoms with Crippen LogP contribution in [-0.4, -0.2) is 163 Å². The van der Waals surface area contributed by atoms with Gasteiger partial charge in [-0.05, 0) is 50.2 Å². The number of rotatable bonds is 31. The van der Waals surface area contributed by atoms with Crippen molar-refractivity contribution in [1.29, 1.82) is 0 Å². The van der Waals surface area contributed by atoms with Gasteiger partial charge in [0, 0.05) is 70.2 Å². The van der Waals surface area contributed by atoms with Crippen LogP contribution in [0.2, 0.25) is 0 Å². The van der Waals surface area contributed by atoms with Crippen LogP contribution in [0.25, 0.3) is 0 Å². The van der Waals surface area contributed by atoms with Gasteiger partial charge in [-0.25, -0.2) is 0 Å². The number of thioether (sulfide) groups is 1. The summed E-state index contributed by atoms with van der Waals surface area (Å²) in [5.74, 6) is -3.93. The standard InChI is InChI=1S/C48H87NO15S/c1-10-16-20-56-28-33-24-36(62-43-34(29-57-21-17-11-2)25-38(65-15-6)30(7)42(43)58-22-18-12-3)44(59-23-19-13-4)47(41(33)55)64-48(39(54)14-5)26-35(53)40(49)46(63-48)45(61-32(9)52)37(27-50)60-31(8)51/h30,33-38,40-47,50,53,55H,10-29,49H2,1-9H3/t30-,33?,34?,35-,36?,37-,38?,40-,41?,42-,43?,44-,45-,46?,47-,48+/m1/s1. The Morgan fingerprint density at radius 2 is 1.34 bits per heavy atom. The molecule has 1 aliphatic heterocycles. The highest BCUT2D eigenvalue weighted by Gasteiger charge is 2.59. The van der Waals surface area contributed by atoms with E-state index in [0.29, 0.717) is 51.1 Å². The smallest absolute Gasteiger partial charge is 0.303 e. The van der Waals surface area contributed by atoms with E-state index in [0.717, 1.165) is 71.0 Å². The summed E-state index contributed by atoms with van der Waals surface area (Å²) in [7, 11) is 0. The van der Waals surface area contributed by atoms with E-state index in [1.54, 1.807) is 6.92 Å². The molecule has 2 aliphatic carbocycles. The van der Waals surface area contributed by atoms with Crippen LogP contribution >= 0.6 is 11.8 Å². The number of hydrogen-bond donors (Lipinski definition) is 4. The number of aliphatic hydroxyl groups is 3. The van der Waals surface area contributed by atoms with Gasteiger partial charge < -0.3 is 63.7 Å². The van der Waals surface area contributed by atoms with Gasteiger partial charge in [0.2, 0.25) is 5.79 Å². The van der Waals surface area contributed by atoms with E-state index in [1.807, 2.05) is 18.7 Å². The summed E-state index contributed by atoms with van der Waals surface area (Å²) < 4.78 is 58.0. The molecule has 0 radical (unpaired) electrons. The predicted molar refractivity (Wildman–Crippen MR) is 247 cm³/mol. The molecule has 0 spiro atoms. The molecule has 1 heterocycles. The Kier molecular flexibility index (Phi) is 26.9. The van der Waals surface area contributed by atoms with Crippen molar-refractivity contribution in [2.45, 2.75) is 217 Å². The average molecular weight is 950 g/mol. The Morgan fingerprint density at radius 3 is 1.88 bits per heavy atom. The fourth-order valence-electron chi connectivity index (χ4n) is 9.28. The summed E-state index contributed by atoms with van der Waals surface area (Å²) in [6.07, 6.45) is -3.22. The minimum Gasteiger partial charge on any atom is -0.456 e. The molecule has 7 unspecified atom stereocenters. The van der Waals surface area contributed by atoms with Crippen LogP contribution in [0.4, 0.5) is 0 Å². The van der Waals surface area contributed by atoms with Crippen molar-refractivity contribution in [1.82, 2.24) is 0 Å². The molecule has 1 saturated heterocycles. The second-order valence-electron chi connectivity index (χ2n) is 18.2. The number of carbonyl (C=O) groups is 3. The number of Topliss-reactive ketones (excluding diaryl/α,β-unsaturated/α-hetero) is 1. The average Bonchev–Trinajstić information content (AvgIpc) is 3.27. The van der Waals surface area contributed by atoms with Crippen molar-refractivity contribution in [3.05, 3.63) is 0 Å². The van der Waals surface area contributed by atoms with Gasteiger partial charge in [-0.15, -0.1) is 0 Å². The molecule has 380 valence electrons. The summed E-state index contributed by atoms with van der Waals surface area (Å²) >= 11 is 1.94. The molecule has 5 N–H and O–H groups in total. The predicted octanol–water partition coefficient (Wildman–Crippen LogP) is 5.30. The molecule has 0 aromatic heterocycles. The first kappa shape index (κ1) is 57.8. The van der Waals surface area contributed by atoms with E-state index in [-0.39, 0.29) is 31.0 Å². The number of ketones is 1. The summed E-state index contributed by atoms with van der Waals surface area (Å²) in [5, 5.41) is 34.9. The van der Waals surface area contributed by atoms with E-state index in [9.17, 15) is 29.7 Å². The van der Waals surface area contributed by atoms with Gasteiger partial charge in [-0.3, -0.25) is 14.4 Å². The van der Waals surface area contributed by atoms with Crippen molar-refractivity contribution in [2.24, 2.45) is 23.5 Å². The third-order valence-corrected chi connectivity index (χ3v) is 14.3. The number of carbonyl (C=O) groups excluding carboxylic acids is 3. The zero-order valence-electron chi connectivity index (χ0n) is 41.0. The lowest BCUT2D eigenvalue weighted by molar-refractivity contribution is -0.344. The molecule has 3 rings (SSSR count). The Labute approximate surface area is 393 Å². The molecule has 16 nitrogen and oxygen atoms in total. The fraction of sp³-hybridized carbons (Fsp3) is 0.938. The number of unbranched alkanes of at least 4 members (excludes halogenated alkanes) is 4. The van der Waals surface area contributed by atoms with Crippen LogP contribution in [0.3, 0.4) is 0 Å². The third kappa shape index (κ3) is 16.9. The zero-order chi connectivity index (χ0) is 48.1. The van der Waals surface area contributed by atoms with E-state index in [1.165, 1.54) is 0 Å². The Morgan fingerprint density at radius 1 is 0.769 bits per heavy atom. The first-order chi connectivity index (χ1) is 31.2. The van der Waals surface area contributed by atoms with Crippen molar-refractivity contribution in [3.8, 4) is 0 Å². The maximum Gasteiger partial charge on any atom is 0.303 e. The first-order valence-electron chi connectivity index (χ1n) is 24.8. The van der Waals surface area contributed by atoms with Crippen LogP contribution in [-0.2, 0) is 57.0 Å². The van der Waals surface area contributed by atoms with Crippen LogP contribution < -0.4 is 5.73 Å². The highest BCUT2D eigenvalue weighted by molar-refractivity contribution is 7.99. The van der Waals surface area contributed by atoms with E-state index >= 15 is 0 Å². The largest absolute Gasteiger partial charge is 0.456 e. The van der Waals surface area contributed by atoms with E-state index in [2.05, 4.69) is 34.6 Å². The molecule has 0 amide bonds. The Hall–Kier alpha value is -1.48. The Balaban J connectivity index is 2.22. The van der Waals surface area contributed by atoms with Gasteiger partial charge in [0.25, 0.3) is 0 Å². The Bertz CT molecular complexity index is 1370. The second-order valence-corrected chi connectivity index (χ2v) is 19.7. The molecule has 2 saturated carbocycles. The molecular formula is C48H87NO15S. The van der Waals surface area contributed by atoms with Crippen molar-refractivity contribution in [2.75, 3.05) is 52.0 Å². The number of esters is 2. The molecule has 0 aromatic rings.